The number of hydrogen-bond donors (Lipinski definition) is 2. The molecule has 1 aliphatic heterocycles. The average Bonchev–Trinajstić information content (AvgIpc) is 2.94. The second-order valence-electron chi connectivity index (χ2n) is 5.28. The molecule has 0 aromatic heterocycles. The van der Waals surface area contributed by atoms with Crippen molar-refractivity contribution in [2.45, 2.75) is 15.4 Å². The van der Waals surface area contributed by atoms with Gasteiger partial charge in [0.05, 0.1) is 4.90 Å². The number of halogens is 2. The SMILES string of the molecule is NC1=NC(c2ccccc2)=NC1(NS(=O)(=O)c1ccccc1)C(Cl)Cl. The van der Waals surface area contributed by atoms with Gasteiger partial charge in [-0.1, -0.05) is 48.5 Å². The number of amidine groups is 2. The minimum atomic E-state index is -3.97. The van der Waals surface area contributed by atoms with Crippen LogP contribution in [0.3, 0.4) is 0 Å². The summed E-state index contributed by atoms with van der Waals surface area (Å²) >= 11 is 12.1. The maximum atomic E-state index is 12.7. The van der Waals surface area contributed by atoms with Crippen molar-refractivity contribution in [3.8, 4) is 0 Å². The molecule has 0 bridgehead atoms. The first kappa shape index (κ1) is 17.9. The van der Waals surface area contributed by atoms with Crippen molar-refractivity contribution >= 4 is 44.9 Å². The van der Waals surface area contributed by atoms with Crippen molar-refractivity contribution in [2.75, 3.05) is 0 Å². The third kappa shape index (κ3) is 3.41. The zero-order chi connectivity index (χ0) is 18.1. The third-order valence-electron chi connectivity index (χ3n) is 3.59. The van der Waals surface area contributed by atoms with Crippen molar-refractivity contribution in [3.05, 3.63) is 66.2 Å². The molecule has 1 heterocycles. The number of hydrogen-bond acceptors (Lipinski definition) is 5. The predicted octanol–water partition coefficient (Wildman–Crippen LogP) is 2.28. The number of sulfonamides is 1. The van der Waals surface area contributed by atoms with E-state index in [4.69, 9.17) is 28.9 Å². The van der Waals surface area contributed by atoms with Crippen LogP contribution in [0.4, 0.5) is 0 Å². The van der Waals surface area contributed by atoms with Gasteiger partial charge in [0.15, 0.2) is 10.7 Å². The maximum absolute atomic E-state index is 12.7. The van der Waals surface area contributed by atoms with E-state index < -0.39 is 20.5 Å². The van der Waals surface area contributed by atoms with Gasteiger partial charge in [-0.3, -0.25) is 0 Å². The van der Waals surface area contributed by atoms with Crippen LogP contribution in [0.1, 0.15) is 5.56 Å². The van der Waals surface area contributed by atoms with Gasteiger partial charge < -0.3 is 5.73 Å². The van der Waals surface area contributed by atoms with Gasteiger partial charge in [0, 0.05) is 5.56 Å². The maximum Gasteiger partial charge on any atom is 0.243 e. The molecule has 0 amide bonds. The molecule has 2 aromatic rings. The number of nitrogens with zero attached hydrogens (tertiary/aromatic N) is 2. The highest BCUT2D eigenvalue weighted by Crippen LogP contribution is 2.30. The molecule has 1 atom stereocenters. The Morgan fingerprint density at radius 1 is 1.00 bits per heavy atom. The molecule has 0 fully saturated rings. The summed E-state index contributed by atoms with van der Waals surface area (Å²) in [6.07, 6.45) is 0. The number of benzene rings is 2. The van der Waals surface area contributed by atoms with Crippen LogP contribution >= 0.6 is 23.2 Å². The topological polar surface area (TPSA) is 96.9 Å². The Labute approximate surface area is 155 Å². The van der Waals surface area contributed by atoms with Crippen LogP contribution in [0.25, 0.3) is 0 Å². The van der Waals surface area contributed by atoms with Gasteiger partial charge >= 0.3 is 0 Å². The van der Waals surface area contributed by atoms with Crippen molar-refractivity contribution in [1.29, 1.82) is 0 Å². The fourth-order valence-corrected chi connectivity index (χ4v) is 4.18. The van der Waals surface area contributed by atoms with E-state index in [9.17, 15) is 8.42 Å². The largest absolute Gasteiger partial charge is 0.384 e. The molecule has 0 aliphatic carbocycles. The summed E-state index contributed by atoms with van der Waals surface area (Å²) in [5.41, 5.74) is 4.86. The minimum absolute atomic E-state index is 0.0412. The molecule has 0 radical (unpaired) electrons. The molecule has 2 aromatic carbocycles. The van der Waals surface area contributed by atoms with Crippen LogP contribution in [0.5, 0.6) is 0 Å². The number of alkyl halides is 2. The van der Waals surface area contributed by atoms with E-state index in [0.717, 1.165) is 0 Å². The van der Waals surface area contributed by atoms with Gasteiger partial charge in [-0.05, 0) is 12.1 Å². The monoisotopic (exact) mass is 396 g/mol. The number of rotatable bonds is 5. The fraction of sp³-hybridized carbons (Fsp3) is 0.125. The van der Waals surface area contributed by atoms with Gasteiger partial charge in [-0.25, -0.2) is 18.4 Å². The van der Waals surface area contributed by atoms with E-state index in [1.54, 1.807) is 42.5 Å². The van der Waals surface area contributed by atoms with Crippen molar-refractivity contribution in [2.24, 2.45) is 15.7 Å². The number of nitrogens with one attached hydrogen (secondary N) is 1. The summed E-state index contributed by atoms with van der Waals surface area (Å²) in [7, 11) is -3.97. The Kier molecular flexibility index (Phi) is 4.83. The lowest BCUT2D eigenvalue weighted by Gasteiger charge is -2.28. The summed E-state index contributed by atoms with van der Waals surface area (Å²) in [6, 6.07) is 16.8. The normalized spacial score (nSPS) is 20.4. The lowest BCUT2D eigenvalue weighted by molar-refractivity contribution is 0.529. The highest BCUT2D eigenvalue weighted by Gasteiger charge is 2.48. The van der Waals surface area contributed by atoms with Crippen molar-refractivity contribution in [3.63, 3.8) is 0 Å². The molecule has 9 heteroatoms. The van der Waals surface area contributed by atoms with Crippen molar-refractivity contribution in [1.82, 2.24) is 4.72 Å². The summed E-state index contributed by atoms with van der Waals surface area (Å²) < 4.78 is 27.8. The highest BCUT2D eigenvalue weighted by atomic mass is 35.5. The summed E-state index contributed by atoms with van der Waals surface area (Å²) in [4.78, 5) is 7.23. The van der Waals surface area contributed by atoms with Gasteiger partial charge in [0.25, 0.3) is 0 Å². The molecule has 0 saturated carbocycles. The van der Waals surface area contributed by atoms with Gasteiger partial charge in [-0.2, -0.15) is 4.72 Å². The Morgan fingerprint density at radius 2 is 1.56 bits per heavy atom. The molecule has 25 heavy (non-hydrogen) atoms. The Morgan fingerprint density at radius 3 is 2.12 bits per heavy atom. The molecule has 1 aliphatic rings. The zero-order valence-electron chi connectivity index (χ0n) is 12.8. The molecule has 130 valence electrons. The van der Waals surface area contributed by atoms with Gasteiger partial charge in [0.1, 0.15) is 5.84 Å². The third-order valence-corrected chi connectivity index (χ3v) is 5.69. The lowest BCUT2D eigenvalue weighted by Crippen LogP contribution is -2.58. The molecular weight excluding hydrogens is 383 g/mol. The van der Waals surface area contributed by atoms with E-state index in [0.29, 0.717) is 5.56 Å². The molecule has 0 spiro atoms. The van der Waals surface area contributed by atoms with E-state index >= 15 is 0 Å². The van der Waals surface area contributed by atoms with E-state index in [2.05, 4.69) is 14.7 Å². The van der Waals surface area contributed by atoms with E-state index in [1.165, 1.54) is 12.1 Å². The quantitative estimate of drug-likeness (QED) is 0.758. The van der Waals surface area contributed by atoms with Crippen molar-refractivity contribution < 1.29 is 8.42 Å². The zero-order valence-corrected chi connectivity index (χ0v) is 15.1. The predicted molar refractivity (Wildman–Crippen MR) is 99.6 cm³/mol. The smallest absolute Gasteiger partial charge is 0.243 e. The van der Waals surface area contributed by atoms with Gasteiger partial charge in [0.2, 0.25) is 15.7 Å². The number of aliphatic imine (C=N–C) groups is 2. The highest BCUT2D eigenvalue weighted by molar-refractivity contribution is 7.89. The molecular formula is C16H14Cl2N4O2S. The first-order valence-electron chi connectivity index (χ1n) is 7.22. The minimum Gasteiger partial charge on any atom is -0.384 e. The molecule has 6 nitrogen and oxygen atoms in total. The summed E-state index contributed by atoms with van der Waals surface area (Å²) in [5.74, 6) is 0.126. The first-order chi connectivity index (χ1) is 11.8. The van der Waals surface area contributed by atoms with Crippen LogP contribution in [0.2, 0.25) is 0 Å². The molecule has 0 saturated heterocycles. The second-order valence-corrected chi connectivity index (χ2v) is 8.06. The van der Waals surface area contributed by atoms with Crippen LogP contribution in [0.15, 0.2) is 75.5 Å². The summed E-state index contributed by atoms with van der Waals surface area (Å²) in [5, 5.41) is 0. The summed E-state index contributed by atoms with van der Waals surface area (Å²) in [6.45, 7) is 0. The standard InChI is InChI=1S/C16H14Cl2N4O2S/c17-14(18)16(22-25(23,24)12-9-5-2-6-10-12)15(19)20-13(21-16)11-7-3-1-4-8-11/h1-10,14,22H,(H2,19,20,21). The Bertz CT molecular complexity index is 931. The van der Waals surface area contributed by atoms with Crippen LogP contribution in [-0.4, -0.2) is 30.6 Å². The fourth-order valence-electron chi connectivity index (χ4n) is 2.31. The van der Waals surface area contributed by atoms with E-state index in [1.807, 2.05) is 6.07 Å². The lowest BCUT2D eigenvalue weighted by atomic mass is 10.2. The van der Waals surface area contributed by atoms with Crippen LogP contribution in [-0.2, 0) is 10.0 Å². The van der Waals surface area contributed by atoms with Crippen LogP contribution < -0.4 is 10.5 Å². The van der Waals surface area contributed by atoms with E-state index in [-0.39, 0.29) is 16.6 Å². The average molecular weight is 397 g/mol. The molecule has 1 unspecified atom stereocenters. The second kappa shape index (κ2) is 6.76. The van der Waals surface area contributed by atoms with Gasteiger partial charge in [-0.15, -0.1) is 23.2 Å². The Balaban J connectivity index is 2.04. The molecule has 3 N–H and O–H groups in total. The molecule has 3 rings (SSSR count). The first-order valence-corrected chi connectivity index (χ1v) is 9.58. The Hall–Kier alpha value is -1.93. The van der Waals surface area contributed by atoms with Crippen LogP contribution in [0, 0.1) is 0 Å². The number of nitrogens with two attached hydrogens (primary N) is 1.